The van der Waals surface area contributed by atoms with Gasteiger partial charge in [0, 0.05) is 20.6 Å². The predicted molar refractivity (Wildman–Crippen MR) is 74.5 cm³/mol. The number of carbonyl (C=O) groups excluding carboxylic acids is 1. The van der Waals surface area contributed by atoms with Crippen molar-refractivity contribution in [1.29, 1.82) is 0 Å². The lowest BCUT2D eigenvalue weighted by Crippen LogP contribution is -2.27. The van der Waals surface area contributed by atoms with Crippen LogP contribution in [0.5, 0.6) is 0 Å². The van der Waals surface area contributed by atoms with Crippen molar-refractivity contribution in [2.45, 2.75) is 18.9 Å². The van der Waals surface area contributed by atoms with Gasteiger partial charge in [-0.3, -0.25) is 4.79 Å². The Bertz CT molecular complexity index is 424. The van der Waals surface area contributed by atoms with Crippen LogP contribution >= 0.6 is 43.5 Å². The fraction of sp³-hybridized carbons (Fsp3) is 0.364. The molecule has 6 heteroatoms. The summed E-state index contributed by atoms with van der Waals surface area (Å²) in [6.07, 6.45) is 1.36. The normalized spacial score (nSPS) is 19.4. The number of ether oxygens (including phenoxy) is 1. The number of nitrogens with one attached hydrogen (secondary N) is 1. The third-order valence-electron chi connectivity index (χ3n) is 2.48. The first-order valence-corrected chi connectivity index (χ1v) is 7.11. The Morgan fingerprint density at radius 1 is 1.41 bits per heavy atom. The average Bonchev–Trinajstić information content (AvgIpc) is 2.76. The molecule has 1 N–H and O–H groups in total. The quantitative estimate of drug-likeness (QED) is 0.839. The Balaban J connectivity index is 2.15. The lowest BCUT2D eigenvalue weighted by atomic mass is 10.2. The summed E-state index contributed by atoms with van der Waals surface area (Å²) in [5.41, 5.74) is 0.676. The fourth-order valence-corrected chi connectivity index (χ4v) is 3.52. The van der Waals surface area contributed by atoms with Crippen LogP contribution in [0.25, 0.3) is 0 Å². The molecule has 1 aliphatic heterocycles. The highest BCUT2D eigenvalue weighted by atomic mass is 79.9. The van der Waals surface area contributed by atoms with Crippen molar-refractivity contribution >= 4 is 55.1 Å². The van der Waals surface area contributed by atoms with Gasteiger partial charge in [0.1, 0.15) is 6.10 Å². The van der Waals surface area contributed by atoms with Crippen LogP contribution in [0.4, 0.5) is 5.69 Å². The van der Waals surface area contributed by atoms with Crippen molar-refractivity contribution in [3.8, 4) is 0 Å². The lowest BCUT2D eigenvalue weighted by Gasteiger charge is -2.13. The molecule has 1 saturated heterocycles. The molecule has 0 aliphatic carbocycles. The van der Waals surface area contributed by atoms with Crippen molar-refractivity contribution in [2.75, 3.05) is 11.9 Å². The number of carbonyl (C=O) groups is 1. The minimum Gasteiger partial charge on any atom is -0.368 e. The minimum absolute atomic E-state index is 0.119. The Kier molecular flexibility index (Phi) is 4.47. The van der Waals surface area contributed by atoms with Gasteiger partial charge in [0.05, 0.1) is 5.69 Å². The largest absolute Gasteiger partial charge is 0.368 e. The zero-order valence-corrected chi connectivity index (χ0v) is 12.7. The van der Waals surface area contributed by atoms with Crippen LogP contribution in [0.3, 0.4) is 0 Å². The van der Waals surface area contributed by atoms with Gasteiger partial charge in [-0.2, -0.15) is 0 Å². The summed E-state index contributed by atoms with van der Waals surface area (Å²) < 4.78 is 6.80. The summed E-state index contributed by atoms with van der Waals surface area (Å²) in [5.74, 6) is -0.119. The molecule has 1 aromatic carbocycles. The van der Waals surface area contributed by atoms with Gasteiger partial charge >= 0.3 is 0 Å². The van der Waals surface area contributed by atoms with Gasteiger partial charge in [-0.15, -0.1) is 0 Å². The first kappa shape index (κ1) is 13.3. The van der Waals surface area contributed by atoms with E-state index in [0.717, 1.165) is 21.8 Å². The van der Waals surface area contributed by atoms with Crippen molar-refractivity contribution in [2.24, 2.45) is 0 Å². The van der Waals surface area contributed by atoms with Crippen molar-refractivity contribution in [3.05, 3.63) is 26.1 Å². The second-order valence-electron chi connectivity index (χ2n) is 3.74. The van der Waals surface area contributed by atoms with Gasteiger partial charge in [-0.25, -0.2) is 0 Å². The minimum atomic E-state index is -0.343. The second kappa shape index (κ2) is 5.69. The summed E-state index contributed by atoms with van der Waals surface area (Å²) in [6, 6.07) is 3.47. The van der Waals surface area contributed by atoms with Crippen LogP contribution in [0.1, 0.15) is 12.8 Å². The lowest BCUT2D eigenvalue weighted by molar-refractivity contribution is -0.124. The number of benzene rings is 1. The predicted octanol–water partition coefficient (Wildman–Crippen LogP) is 3.98. The maximum atomic E-state index is 11.9. The van der Waals surface area contributed by atoms with Crippen molar-refractivity contribution in [1.82, 2.24) is 0 Å². The number of hydrogen-bond acceptors (Lipinski definition) is 2. The highest BCUT2D eigenvalue weighted by molar-refractivity contribution is 9.11. The van der Waals surface area contributed by atoms with Crippen LogP contribution in [0.2, 0.25) is 5.02 Å². The molecule has 1 amide bonds. The highest BCUT2D eigenvalue weighted by Gasteiger charge is 2.24. The monoisotopic (exact) mass is 381 g/mol. The van der Waals surface area contributed by atoms with E-state index in [1.165, 1.54) is 0 Å². The van der Waals surface area contributed by atoms with E-state index in [2.05, 4.69) is 37.2 Å². The maximum Gasteiger partial charge on any atom is 0.253 e. The molecule has 92 valence electrons. The smallest absolute Gasteiger partial charge is 0.253 e. The van der Waals surface area contributed by atoms with Gasteiger partial charge in [0.25, 0.3) is 5.91 Å². The molecule has 0 bridgehead atoms. The number of anilines is 1. The number of halogens is 3. The molecule has 1 aliphatic rings. The topological polar surface area (TPSA) is 38.3 Å². The van der Waals surface area contributed by atoms with E-state index in [1.807, 2.05) is 0 Å². The number of rotatable bonds is 2. The summed E-state index contributed by atoms with van der Waals surface area (Å²) >= 11 is 12.6. The SMILES string of the molecule is O=C(Nc1c(Br)cc(Cl)cc1Br)C1CCCO1. The molecule has 17 heavy (non-hydrogen) atoms. The molecule has 1 unspecified atom stereocenters. The third kappa shape index (κ3) is 3.22. The Morgan fingerprint density at radius 2 is 2.06 bits per heavy atom. The molecule has 2 rings (SSSR count). The molecular weight excluding hydrogens is 373 g/mol. The fourth-order valence-electron chi connectivity index (χ4n) is 1.65. The van der Waals surface area contributed by atoms with Crippen molar-refractivity contribution < 1.29 is 9.53 Å². The first-order chi connectivity index (χ1) is 8.08. The van der Waals surface area contributed by atoms with Crippen LogP contribution in [-0.4, -0.2) is 18.6 Å². The summed E-state index contributed by atoms with van der Waals surface area (Å²) in [5, 5.41) is 3.43. The molecule has 0 spiro atoms. The molecule has 3 nitrogen and oxygen atoms in total. The van der Waals surface area contributed by atoms with Crippen LogP contribution in [-0.2, 0) is 9.53 Å². The van der Waals surface area contributed by atoms with Gasteiger partial charge in [0.2, 0.25) is 0 Å². The average molecular weight is 383 g/mol. The summed E-state index contributed by atoms with van der Waals surface area (Å²) in [7, 11) is 0. The van der Waals surface area contributed by atoms with E-state index in [1.54, 1.807) is 12.1 Å². The molecule has 1 atom stereocenters. The van der Waals surface area contributed by atoms with E-state index in [0.29, 0.717) is 17.3 Å². The van der Waals surface area contributed by atoms with Gasteiger partial charge < -0.3 is 10.1 Å². The van der Waals surface area contributed by atoms with Gasteiger partial charge in [0.15, 0.2) is 0 Å². The van der Waals surface area contributed by atoms with E-state index in [-0.39, 0.29) is 12.0 Å². The number of hydrogen-bond donors (Lipinski definition) is 1. The zero-order valence-electron chi connectivity index (χ0n) is 8.80. The Labute approximate surface area is 121 Å². The third-order valence-corrected chi connectivity index (χ3v) is 3.95. The highest BCUT2D eigenvalue weighted by Crippen LogP contribution is 2.34. The summed E-state index contributed by atoms with van der Waals surface area (Å²) in [4.78, 5) is 11.9. The van der Waals surface area contributed by atoms with E-state index in [4.69, 9.17) is 16.3 Å². The molecule has 1 aromatic rings. The first-order valence-electron chi connectivity index (χ1n) is 5.15. The molecular formula is C11H10Br2ClNO2. The van der Waals surface area contributed by atoms with Crippen LogP contribution in [0.15, 0.2) is 21.1 Å². The van der Waals surface area contributed by atoms with Gasteiger partial charge in [-0.05, 0) is 56.8 Å². The number of amides is 1. The Hall–Kier alpha value is -0.100. The summed E-state index contributed by atoms with van der Waals surface area (Å²) in [6.45, 7) is 0.654. The standard InChI is InChI=1S/C11H10Br2ClNO2/c12-7-4-6(14)5-8(13)10(7)15-11(16)9-2-1-3-17-9/h4-5,9H,1-3H2,(H,15,16). The van der Waals surface area contributed by atoms with Crippen molar-refractivity contribution in [3.63, 3.8) is 0 Å². The molecule has 0 aromatic heterocycles. The van der Waals surface area contributed by atoms with E-state index >= 15 is 0 Å². The molecule has 0 radical (unpaired) electrons. The maximum absolute atomic E-state index is 11.9. The molecule has 0 saturated carbocycles. The molecule has 1 heterocycles. The second-order valence-corrected chi connectivity index (χ2v) is 5.88. The zero-order chi connectivity index (χ0) is 12.4. The van der Waals surface area contributed by atoms with Crippen LogP contribution < -0.4 is 5.32 Å². The Morgan fingerprint density at radius 3 is 2.59 bits per heavy atom. The van der Waals surface area contributed by atoms with E-state index in [9.17, 15) is 4.79 Å². The van der Waals surface area contributed by atoms with E-state index < -0.39 is 0 Å². The van der Waals surface area contributed by atoms with Crippen LogP contribution in [0, 0.1) is 0 Å². The molecule has 1 fully saturated rings. The van der Waals surface area contributed by atoms with Gasteiger partial charge in [-0.1, -0.05) is 11.6 Å².